The van der Waals surface area contributed by atoms with Gasteiger partial charge in [-0.05, 0) is 55.9 Å². The summed E-state index contributed by atoms with van der Waals surface area (Å²) in [6, 6.07) is 23.9. The molecule has 0 radical (unpaired) electrons. The SMILES string of the molecule is Cc1ccc(-c2n[nH]c(=S)n2CC(=O)NC(C)c2ccc(NC(=O)Nc3ccccc3)cc2)cc1. The molecule has 0 aliphatic rings. The van der Waals surface area contributed by atoms with Gasteiger partial charge in [0.05, 0.1) is 6.04 Å². The van der Waals surface area contributed by atoms with E-state index in [1.807, 2.05) is 80.6 Å². The molecule has 1 aromatic heterocycles. The van der Waals surface area contributed by atoms with Crippen LogP contribution in [-0.2, 0) is 11.3 Å². The number of carbonyl (C=O) groups is 2. The van der Waals surface area contributed by atoms with Crippen molar-refractivity contribution in [2.45, 2.75) is 26.4 Å². The molecule has 8 nitrogen and oxygen atoms in total. The molecular formula is C26H26N6O2S. The highest BCUT2D eigenvalue weighted by Gasteiger charge is 2.15. The number of nitrogens with zero attached hydrogens (tertiary/aromatic N) is 2. The van der Waals surface area contributed by atoms with E-state index in [0.29, 0.717) is 22.0 Å². The average Bonchev–Trinajstić information content (AvgIpc) is 3.20. The maximum atomic E-state index is 12.8. The van der Waals surface area contributed by atoms with Gasteiger partial charge < -0.3 is 16.0 Å². The molecular weight excluding hydrogens is 460 g/mol. The number of hydrogen-bond donors (Lipinski definition) is 4. The lowest BCUT2D eigenvalue weighted by molar-refractivity contribution is -0.122. The van der Waals surface area contributed by atoms with E-state index in [2.05, 4.69) is 26.1 Å². The Hall–Kier alpha value is -4.24. The van der Waals surface area contributed by atoms with Gasteiger partial charge in [0.15, 0.2) is 10.6 Å². The van der Waals surface area contributed by atoms with Crippen LogP contribution in [0.1, 0.15) is 24.1 Å². The zero-order valence-electron chi connectivity index (χ0n) is 19.4. The van der Waals surface area contributed by atoms with Gasteiger partial charge in [-0.25, -0.2) is 4.79 Å². The number of anilines is 2. The number of aryl methyl sites for hydroxylation is 1. The van der Waals surface area contributed by atoms with Crippen molar-refractivity contribution in [3.63, 3.8) is 0 Å². The molecule has 0 bridgehead atoms. The molecule has 0 saturated heterocycles. The molecule has 4 aromatic rings. The van der Waals surface area contributed by atoms with Crippen molar-refractivity contribution in [3.8, 4) is 11.4 Å². The second-order valence-corrected chi connectivity index (χ2v) is 8.55. The normalized spacial score (nSPS) is 11.5. The van der Waals surface area contributed by atoms with Gasteiger partial charge in [-0.15, -0.1) is 0 Å². The molecule has 0 aliphatic carbocycles. The van der Waals surface area contributed by atoms with Crippen LogP contribution in [0.15, 0.2) is 78.9 Å². The van der Waals surface area contributed by atoms with Gasteiger partial charge in [-0.3, -0.25) is 14.5 Å². The molecule has 1 heterocycles. The molecule has 178 valence electrons. The fourth-order valence-corrected chi connectivity index (χ4v) is 3.77. The van der Waals surface area contributed by atoms with Crippen LogP contribution >= 0.6 is 12.2 Å². The topological polar surface area (TPSA) is 104 Å². The zero-order valence-corrected chi connectivity index (χ0v) is 20.2. The van der Waals surface area contributed by atoms with Crippen molar-refractivity contribution in [1.29, 1.82) is 0 Å². The van der Waals surface area contributed by atoms with Gasteiger partial charge in [0, 0.05) is 16.9 Å². The first kappa shape index (κ1) is 23.9. The maximum Gasteiger partial charge on any atom is 0.323 e. The van der Waals surface area contributed by atoms with Crippen molar-refractivity contribution < 1.29 is 9.59 Å². The van der Waals surface area contributed by atoms with E-state index < -0.39 is 0 Å². The maximum absolute atomic E-state index is 12.8. The predicted octanol–water partition coefficient (Wildman–Crippen LogP) is 5.44. The predicted molar refractivity (Wildman–Crippen MR) is 140 cm³/mol. The van der Waals surface area contributed by atoms with Crippen molar-refractivity contribution in [1.82, 2.24) is 20.1 Å². The lowest BCUT2D eigenvalue weighted by atomic mass is 10.1. The summed E-state index contributed by atoms with van der Waals surface area (Å²) in [5.74, 6) is 0.426. The number of nitrogens with one attached hydrogen (secondary N) is 4. The minimum atomic E-state index is -0.327. The third-order valence-electron chi connectivity index (χ3n) is 5.45. The Morgan fingerprint density at radius 3 is 2.23 bits per heavy atom. The number of hydrogen-bond acceptors (Lipinski definition) is 4. The van der Waals surface area contributed by atoms with Crippen LogP contribution in [0.4, 0.5) is 16.2 Å². The van der Waals surface area contributed by atoms with Crippen molar-refractivity contribution in [3.05, 3.63) is 94.8 Å². The number of benzene rings is 3. The summed E-state index contributed by atoms with van der Waals surface area (Å²) < 4.78 is 2.06. The molecule has 0 aliphatic heterocycles. The third-order valence-corrected chi connectivity index (χ3v) is 5.76. The van der Waals surface area contributed by atoms with E-state index in [4.69, 9.17) is 12.2 Å². The third kappa shape index (κ3) is 6.21. The van der Waals surface area contributed by atoms with Crippen LogP contribution < -0.4 is 16.0 Å². The highest BCUT2D eigenvalue weighted by atomic mass is 32.1. The number of urea groups is 1. The summed E-state index contributed by atoms with van der Waals surface area (Å²) in [7, 11) is 0. The Morgan fingerprint density at radius 1 is 0.943 bits per heavy atom. The number of carbonyl (C=O) groups excluding carboxylic acids is 2. The van der Waals surface area contributed by atoms with E-state index in [1.165, 1.54) is 0 Å². The standard InChI is InChI=1S/C26H26N6O2S/c1-17-8-10-20(11-9-17)24-30-31-26(35)32(24)16-23(33)27-18(2)19-12-14-22(15-13-19)29-25(34)28-21-6-4-3-5-7-21/h3-15,18H,16H2,1-2H3,(H,27,33)(H,31,35)(H2,28,29,34). The number of aromatic nitrogens is 3. The van der Waals surface area contributed by atoms with E-state index >= 15 is 0 Å². The Bertz CT molecular complexity index is 1360. The smallest absolute Gasteiger partial charge is 0.323 e. The molecule has 4 N–H and O–H groups in total. The van der Waals surface area contributed by atoms with Crippen LogP contribution in [0.5, 0.6) is 0 Å². The lowest BCUT2D eigenvalue weighted by Gasteiger charge is -2.16. The molecule has 1 unspecified atom stereocenters. The molecule has 1 atom stereocenters. The van der Waals surface area contributed by atoms with Crippen LogP contribution in [0.3, 0.4) is 0 Å². The summed E-state index contributed by atoms with van der Waals surface area (Å²) in [6.45, 7) is 3.96. The Balaban J connectivity index is 1.35. The van der Waals surface area contributed by atoms with Crippen molar-refractivity contribution in [2.75, 3.05) is 10.6 Å². The minimum Gasteiger partial charge on any atom is -0.348 e. The van der Waals surface area contributed by atoms with Crippen LogP contribution in [0.2, 0.25) is 0 Å². The van der Waals surface area contributed by atoms with Gasteiger partial charge in [-0.2, -0.15) is 5.10 Å². The summed E-state index contributed by atoms with van der Waals surface area (Å²) in [6.07, 6.45) is 0. The van der Waals surface area contributed by atoms with E-state index in [-0.39, 0.29) is 24.5 Å². The zero-order chi connectivity index (χ0) is 24.8. The summed E-state index contributed by atoms with van der Waals surface area (Å²) >= 11 is 5.34. The van der Waals surface area contributed by atoms with Crippen LogP contribution in [0, 0.1) is 11.7 Å². The van der Waals surface area contributed by atoms with Gasteiger partial charge in [0.1, 0.15) is 6.54 Å². The highest BCUT2D eigenvalue weighted by Crippen LogP contribution is 2.19. The Kier molecular flexibility index (Phi) is 7.37. The van der Waals surface area contributed by atoms with Crippen molar-refractivity contribution >= 4 is 35.5 Å². The fourth-order valence-electron chi connectivity index (χ4n) is 3.57. The quantitative estimate of drug-likeness (QED) is 0.261. The number of rotatable bonds is 7. The number of amides is 3. The largest absolute Gasteiger partial charge is 0.348 e. The van der Waals surface area contributed by atoms with E-state index in [9.17, 15) is 9.59 Å². The summed E-state index contributed by atoms with van der Waals surface area (Å²) in [5.41, 5.74) is 4.28. The lowest BCUT2D eigenvalue weighted by Crippen LogP contribution is -2.30. The van der Waals surface area contributed by atoms with Crippen LogP contribution in [0.25, 0.3) is 11.4 Å². The highest BCUT2D eigenvalue weighted by molar-refractivity contribution is 7.71. The molecule has 4 rings (SSSR count). The Morgan fingerprint density at radius 2 is 1.57 bits per heavy atom. The molecule has 0 saturated carbocycles. The van der Waals surface area contributed by atoms with Crippen LogP contribution in [-0.4, -0.2) is 26.7 Å². The first-order valence-corrected chi connectivity index (χ1v) is 11.5. The minimum absolute atomic E-state index is 0.0438. The molecule has 9 heteroatoms. The second-order valence-electron chi connectivity index (χ2n) is 8.16. The second kappa shape index (κ2) is 10.8. The molecule has 0 fully saturated rings. The van der Waals surface area contributed by atoms with E-state index in [1.54, 1.807) is 16.7 Å². The van der Waals surface area contributed by atoms with Gasteiger partial charge in [0.2, 0.25) is 5.91 Å². The first-order chi connectivity index (χ1) is 16.9. The molecule has 3 amide bonds. The molecule has 3 aromatic carbocycles. The van der Waals surface area contributed by atoms with Gasteiger partial charge in [0.25, 0.3) is 0 Å². The van der Waals surface area contributed by atoms with E-state index in [0.717, 1.165) is 16.7 Å². The van der Waals surface area contributed by atoms with Crippen molar-refractivity contribution in [2.24, 2.45) is 0 Å². The Labute approximate surface area is 208 Å². The fraction of sp³-hybridized carbons (Fsp3) is 0.154. The molecule has 0 spiro atoms. The number of H-pyrrole nitrogens is 1. The average molecular weight is 487 g/mol. The number of para-hydroxylation sites is 1. The monoisotopic (exact) mass is 486 g/mol. The first-order valence-electron chi connectivity index (χ1n) is 11.1. The molecule has 35 heavy (non-hydrogen) atoms. The van der Waals surface area contributed by atoms with Gasteiger partial charge >= 0.3 is 6.03 Å². The summed E-state index contributed by atoms with van der Waals surface area (Å²) in [4.78, 5) is 25.0. The number of aromatic amines is 1. The van der Waals surface area contributed by atoms with Gasteiger partial charge in [-0.1, -0.05) is 60.2 Å². The summed E-state index contributed by atoms with van der Waals surface area (Å²) in [5, 5.41) is 15.6.